The van der Waals surface area contributed by atoms with Gasteiger partial charge < -0.3 is 8.94 Å². The second kappa shape index (κ2) is 5.20. The summed E-state index contributed by atoms with van der Waals surface area (Å²) in [5.74, 6) is 5.86. The van der Waals surface area contributed by atoms with E-state index in [4.69, 9.17) is 8.94 Å². The molecule has 5 rings (SSSR count). The number of hydrogen-bond donors (Lipinski definition) is 0. The maximum absolute atomic E-state index is 6.07. The molecule has 122 valence electrons. The first kappa shape index (κ1) is 13.8. The first-order chi connectivity index (χ1) is 11.3. The van der Waals surface area contributed by atoms with Gasteiger partial charge in [0.1, 0.15) is 11.5 Å². The molecule has 0 saturated heterocycles. The molecule has 0 amide bonds. The Kier molecular flexibility index (Phi) is 3.11. The van der Waals surface area contributed by atoms with E-state index in [1.54, 1.807) is 0 Å². The summed E-state index contributed by atoms with van der Waals surface area (Å²) in [4.78, 5) is 6.99. The Morgan fingerprint density at radius 2 is 2.00 bits per heavy atom. The van der Waals surface area contributed by atoms with Gasteiger partial charge in [-0.3, -0.25) is 4.90 Å². The van der Waals surface area contributed by atoms with E-state index >= 15 is 0 Å². The quantitative estimate of drug-likeness (QED) is 0.777. The Bertz CT molecular complexity index is 699. The van der Waals surface area contributed by atoms with Crippen molar-refractivity contribution >= 4 is 0 Å². The van der Waals surface area contributed by atoms with Gasteiger partial charge in [-0.05, 0) is 50.2 Å². The van der Waals surface area contributed by atoms with Gasteiger partial charge >= 0.3 is 0 Å². The van der Waals surface area contributed by atoms with Crippen LogP contribution in [0.4, 0.5) is 0 Å². The van der Waals surface area contributed by atoms with E-state index in [0.29, 0.717) is 17.9 Å². The zero-order chi connectivity index (χ0) is 15.4. The monoisotopic (exact) mass is 313 g/mol. The van der Waals surface area contributed by atoms with Crippen LogP contribution in [0.1, 0.15) is 74.1 Å². The van der Waals surface area contributed by atoms with E-state index in [-0.39, 0.29) is 0 Å². The molecule has 2 unspecified atom stereocenters. The lowest BCUT2D eigenvalue weighted by Gasteiger charge is -2.18. The molecule has 3 fully saturated rings. The normalized spacial score (nSPS) is 26.9. The van der Waals surface area contributed by atoms with Gasteiger partial charge in [0.05, 0.1) is 13.1 Å². The standard InChI is InChI=1S/C18H23N3O2/c1-11-8-15(11)16-7-6-14(22-16)9-21(13-4-5-13)10-17-19-18(20-23-17)12-2-3-12/h6-7,11-13,15H,2-5,8-10H2,1H3. The zero-order valence-corrected chi connectivity index (χ0v) is 13.6. The Balaban J connectivity index is 1.26. The summed E-state index contributed by atoms with van der Waals surface area (Å²) >= 11 is 0. The van der Waals surface area contributed by atoms with E-state index in [1.165, 1.54) is 32.1 Å². The van der Waals surface area contributed by atoms with Crippen LogP contribution in [-0.4, -0.2) is 21.1 Å². The van der Waals surface area contributed by atoms with Crippen LogP contribution in [0.25, 0.3) is 0 Å². The SMILES string of the molecule is CC1CC1c1ccc(CN(Cc2nc(C3CC3)no2)C2CC2)o1. The van der Waals surface area contributed by atoms with Crippen LogP contribution in [0.3, 0.4) is 0 Å². The smallest absolute Gasteiger partial charge is 0.240 e. The van der Waals surface area contributed by atoms with Crippen LogP contribution in [0.15, 0.2) is 21.1 Å². The maximum Gasteiger partial charge on any atom is 0.240 e. The molecule has 0 radical (unpaired) electrons. The molecular formula is C18H23N3O2. The average molecular weight is 313 g/mol. The molecule has 2 heterocycles. The molecule has 3 saturated carbocycles. The molecule has 5 nitrogen and oxygen atoms in total. The molecule has 3 aliphatic rings. The highest BCUT2D eigenvalue weighted by atomic mass is 16.5. The van der Waals surface area contributed by atoms with Crippen LogP contribution in [0, 0.1) is 5.92 Å². The topological polar surface area (TPSA) is 55.3 Å². The fourth-order valence-electron chi connectivity index (χ4n) is 3.36. The lowest BCUT2D eigenvalue weighted by molar-refractivity contribution is 0.194. The minimum Gasteiger partial charge on any atom is -0.464 e. The first-order valence-electron chi connectivity index (χ1n) is 8.91. The predicted molar refractivity (Wildman–Crippen MR) is 83.8 cm³/mol. The molecule has 0 aromatic carbocycles. The summed E-state index contributed by atoms with van der Waals surface area (Å²) < 4.78 is 11.5. The summed E-state index contributed by atoms with van der Waals surface area (Å²) in [5.41, 5.74) is 0. The maximum atomic E-state index is 6.07. The largest absolute Gasteiger partial charge is 0.464 e. The average Bonchev–Trinajstić information content (AvgIpc) is 3.47. The van der Waals surface area contributed by atoms with Gasteiger partial charge in [0.2, 0.25) is 5.89 Å². The van der Waals surface area contributed by atoms with Crippen molar-refractivity contribution in [2.75, 3.05) is 0 Å². The van der Waals surface area contributed by atoms with Crippen molar-refractivity contribution in [3.8, 4) is 0 Å². The highest BCUT2D eigenvalue weighted by Crippen LogP contribution is 2.47. The minimum atomic E-state index is 0.551. The molecule has 0 bridgehead atoms. The number of nitrogens with zero attached hydrogens (tertiary/aromatic N) is 3. The number of rotatable bonds is 7. The number of hydrogen-bond acceptors (Lipinski definition) is 5. The Hall–Kier alpha value is -1.62. The molecular weight excluding hydrogens is 290 g/mol. The Labute approximate surface area is 136 Å². The van der Waals surface area contributed by atoms with Crippen molar-refractivity contribution in [1.82, 2.24) is 15.0 Å². The molecule has 2 aromatic rings. The van der Waals surface area contributed by atoms with Crippen molar-refractivity contribution in [1.29, 1.82) is 0 Å². The highest BCUT2D eigenvalue weighted by Gasteiger charge is 2.37. The Morgan fingerprint density at radius 3 is 2.70 bits per heavy atom. The number of furan rings is 1. The second-order valence-corrected chi connectivity index (χ2v) is 7.58. The summed E-state index contributed by atoms with van der Waals surface area (Å²) in [6.07, 6.45) is 6.21. The molecule has 2 atom stereocenters. The van der Waals surface area contributed by atoms with Gasteiger partial charge in [0.25, 0.3) is 0 Å². The highest BCUT2D eigenvalue weighted by molar-refractivity contribution is 5.18. The van der Waals surface area contributed by atoms with Crippen LogP contribution >= 0.6 is 0 Å². The predicted octanol–water partition coefficient (Wildman–Crippen LogP) is 3.83. The van der Waals surface area contributed by atoms with Gasteiger partial charge in [-0.25, -0.2) is 0 Å². The van der Waals surface area contributed by atoms with Crippen molar-refractivity contribution < 1.29 is 8.94 Å². The van der Waals surface area contributed by atoms with Crippen LogP contribution < -0.4 is 0 Å². The van der Waals surface area contributed by atoms with Gasteiger partial charge in [0.15, 0.2) is 5.82 Å². The number of aromatic nitrogens is 2. The van der Waals surface area contributed by atoms with Gasteiger partial charge in [-0.15, -0.1) is 0 Å². The van der Waals surface area contributed by atoms with E-state index in [9.17, 15) is 0 Å². The first-order valence-corrected chi connectivity index (χ1v) is 8.91. The van der Waals surface area contributed by atoms with Gasteiger partial charge in [-0.1, -0.05) is 12.1 Å². The molecule has 0 N–H and O–H groups in total. The molecule has 0 aliphatic heterocycles. The van der Waals surface area contributed by atoms with Crippen molar-refractivity contribution in [3.05, 3.63) is 35.4 Å². The minimum absolute atomic E-state index is 0.551. The van der Waals surface area contributed by atoms with Gasteiger partial charge in [-0.2, -0.15) is 4.98 Å². The van der Waals surface area contributed by atoms with Crippen molar-refractivity contribution in [2.45, 2.75) is 70.0 Å². The van der Waals surface area contributed by atoms with E-state index in [2.05, 4.69) is 34.1 Å². The third kappa shape index (κ3) is 2.94. The third-order valence-electron chi connectivity index (χ3n) is 5.34. The Morgan fingerprint density at radius 1 is 1.17 bits per heavy atom. The fourth-order valence-corrected chi connectivity index (χ4v) is 3.36. The lowest BCUT2D eigenvalue weighted by Crippen LogP contribution is -2.25. The van der Waals surface area contributed by atoms with Crippen molar-refractivity contribution in [3.63, 3.8) is 0 Å². The zero-order valence-electron chi connectivity index (χ0n) is 13.6. The molecule has 5 heteroatoms. The fraction of sp³-hybridized carbons (Fsp3) is 0.667. The summed E-state index contributed by atoms with van der Waals surface area (Å²) in [7, 11) is 0. The third-order valence-corrected chi connectivity index (χ3v) is 5.34. The van der Waals surface area contributed by atoms with E-state index in [1.807, 2.05) is 0 Å². The van der Waals surface area contributed by atoms with E-state index in [0.717, 1.165) is 42.2 Å². The molecule has 2 aromatic heterocycles. The summed E-state index contributed by atoms with van der Waals surface area (Å²) in [5, 5.41) is 4.13. The van der Waals surface area contributed by atoms with Gasteiger partial charge in [0, 0.05) is 17.9 Å². The van der Waals surface area contributed by atoms with Crippen LogP contribution in [0.5, 0.6) is 0 Å². The van der Waals surface area contributed by atoms with Crippen molar-refractivity contribution in [2.24, 2.45) is 5.92 Å². The van der Waals surface area contributed by atoms with E-state index < -0.39 is 0 Å². The molecule has 0 spiro atoms. The van der Waals surface area contributed by atoms with Crippen LogP contribution in [-0.2, 0) is 13.1 Å². The molecule has 3 aliphatic carbocycles. The summed E-state index contributed by atoms with van der Waals surface area (Å²) in [6, 6.07) is 4.94. The summed E-state index contributed by atoms with van der Waals surface area (Å²) in [6.45, 7) is 3.86. The lowest BCUT2D eigenvalue weighted by atomic mass is 10.3. The second-order valence-electron chi connectivity index (χ2n) is 7.58. The molecule has 23 heavy (non-hydrogen) atoms. The van der Waals surface area contributed by atoms with Crippen LogP contribution in [0.2, 0.25) is 0 Å².